The fourth-order valence-electron chi connectivity index (χ4n) is 3.70. The quantitative estimate of drug-likeness (QED) is 0.314. The number of hydrogen-bond acceptors (Lipinski definition) is 6. The van der Waals surface area contributed by atoms with Gasteiger partial charge in [0.05, 0.1) is 18.3 Å². The zero-order valence-electron chi connectivity index (χ0n) is 20.9. The van der Waals surface area contributed by atoms with E-state index in [1.165, 1.54) is 31.2 Å². The number of carbonyl (C=O) groups excluding carboxylic acids is 1. The zero-order chi connectivity index (χ0) is 29.0. The first-order valence-electron chi connectivity index (χ1n) is 11.7. The molecule has 3 N–H and O–H groups in total. The average Bonchev–Trinajstić information content (AvgIpc) is 3.16. The minimum absolute atomic E-state index is 0.175. The summed E-state index contributed by atoms with van der Waals surface area (Å²) in [5.74, 6) is -1.13. The second kappa shape index (κ2) is 12.3. The predicted octanol–water partition coefficient (Wildman–Crippen LogP) is 2.39. The van der Waals surface area contributed by atoms with E-state index < -0.39 is 53.0 Å². The number of aliphatic hydroxyl groups is 1. The molecule has 0 aliphatic rings. The first kappa shape index (κ1) is 30.3. The third-order valence-corrected chi connectivity index (χ3v) is 7.46. The summed E-state index contributed by atoms with van der Waals surface area (Å²) in [5.41, 5.74) is 0.568. The highest BCUT2D eigenvalue weighted by molar-refractivity contribution is 7.89. The highest BCUT2D eigenvalue weighted by Crippen LogP contribution is 2.24. The molecule has 0 bridgehead atoms. The Morgan fingerprint density at radius 2 is 1.79 bits per heavy atom. The van der Waals surface area contributed by atoms with Crippen molar-refractivity contribution in [2.45, 2.75) is 45.3 Å². The monoisotopic (exact) mass is 589 g/mol. The lowest BCUT2D eigenvalue weighted by Gasteiger charge is -2.21. The summed E-state index contributed by atoms with van der Waals surface area (Å²) in [6.07, 6.45) is -7.85. The number of halogens is 4. The SMILES string of the molecule is CCS(=O)(=O)NCC(NC(=O)Cn1nc(-c2ccc(Cl)cc2)n(C[C@H](O)C(F)(F)F)c1=O)c1ccccc1C. The van der Waals surface area contributed by atoms with Crippen molar-refractivity contribution in [3.8, 4) is 11.4 Å². The van der Waals surface area contributed by atoms with Crippen molar-refractivity contribution in [3.63, 3.8) is 0 Å². The number of aromatic nitrogens is 3. The second-order valence-electron chi connectivity index (χ2n) is 8.67. The van der Waals surface area contributed by atoms with Gasteiger partial charge in [-0.05, 0) is 49.2 Å². The van der Waals surface area contributed by atoms with E-state index >= 15 is 0 Å². The van der Waals surface area contributed by atoms with Gasteiger partial charge < -0.3 is 10.4 Å². The highest BCUT2D eigenvalue weighted by atomic mass is 35.5. The van der Waals surface area contributed by atoms with Crippen molar-refractivity contribution >= 4 is 27.5 Å². The molecule has 1 heterocycles. The Balaban J connectivity index is 1.92. The van der Waals surface area contributed by atoms with Crippen LogP contribution in [0.3, 0.4) is 0 Å². The molecule has 0 fully saturated rings. The number of aliphatic hydroxyl groups excluding tert-OH is 1. The summed E-state index contributed by atoms with van der Waals surface area (Å²) in [6.45, 7) is 1.23. The largest absolute Gasteiger partial charge is 0.416 e. The molecule has 3 aromatic rings. The van der Waals surface area contributed by atoms with E-state index in [1.54, 1.807) is 31.2 Å². The van der Waals surface area contributed by atoms with E-state index in [0.717, 1.165) is 5.56 Å². The average molecular weight is 590 g/mol. The first-order chi connectivity index (χ1) is 18.2. The third-order valence-electron chi connectivity index (χ3n) is 5.84. The molecule has 0 saturated carbocycles. The molecule has 0 radical (unpaired) electrons. The lowest BCUT2D eigenvalue weighted by Crippen LogP contribution is -2.41. The van der Waals surface area contributed by atoms with Gasteiger partial charge in [0.15, 0.2) is 11.9 Å². The summed E-state index contributed by atoms with van der Waals surface area (Å²) in [5, 5.41) is 16.7. The number of aryl methyl sites for hydroxylation is 1. The molecular weight excluding hydrogens is 563 g/mol. The zero-order valence-corrected chi connectivity index (χ0v) is 22.5. The molecule has 1 aromatic heterocycles. The van der Waals surface area contributed by atoms with Crippen LogP contribution in [0.1, 0.15) is 24.1 Å². The molecule has 1 amide bonds. The van der Waals surface area contributed by atoms with Crippen molar-refractivity contribution in [1.82, 2.24) is 24.4 Å². The van der Waals surface area contributed by atoms with E-state index in [2.05, 4.69) is 15.1 Å². The number of amides is 1. The maximum atomic E-state index is 13.1. The minimum Gasteiger partial charge on any atom is -0.382 e. The Labute approximate surface area is 227 Å². The van der Waals surface area contributed by atoms with Gasteiger partial charge in [-0.15, -0.1) is 5.10 Å². The normalized spacial score (nSPS) is 13.7. The molecule has 10 nitrogen and oxygen atoms in total. The summed E-state index contributed by atoms with van der Waals surface area (Å²) < 4.78 is 66.9. The van der Waals surface area contributed by atoms with E-state index in [4.69, 9.17) is 11.6 Å². The lowest BCUT2D eigenvalue weighted by molar-refractivity contribution is -0.207. The summed E-state index contributed by atoms with van der Waals surface area (Å²) >= 11 is 5.88. The molecule has 1 unspecified atom stereocenters. The fraction of sp³-hybridized carbons (Fsp3) is 0.375. The van der Waals surface area contributed by atoms with E-state index in [9.17, 15) is 36.3 Å². The van der Waals surface area contributed by atoms with E-state index in [1.807, 2.05) is 0 Å². The van der Waals surface area contributed by atoms with Crippen LogP contribution in [0, 0.1) is 6.92 Å². The van der Waals surface area contributed by atoms with E-state index in [-0.39, 0.29) is 23.7 Å². The van der Waals surface area contributed by atoms with Crippen LogP contribution < -0.4 is 15.7 Å². The summed E-state index contributed by atoms with van der Waals surface area (Å²) in [7, 11) is -3.59. The smallest absolute Gasteiger partial charge is 0.382 e. The molecule has 212 valence electrons. The summed E-state index contributed by atoms with van der Waals surface area (Å²) in [4.78, 5) is 26.0. The number of carbonyl (C=O) groups is 1. The van der Waals surface area contributed by atoms with Crippen LogP contribution in [0.15, 0.2) is 53.3 Å². The Morgan fingerprint density at radius 3 is 2.38 bits per heavy atom. The van der Waals surface area contributed by atoms with Gasteiger partial charge in [-0.25, -0.2) is 22.6 Å². The molecule has 0 aliphatic carbocycles. The number of nitrogens with zero attached hydrogens (tertiary/aromatic N) is 3. The van der Waals surface area contributed by atoms with Gasteiger partial charge in [-0.3, -0.25) is 9.36 Å². The van der Waals surface area contributed by atoms with Crippen LogP contribution in [0.25, 0.3) is 11.4 Å². The van der Waals surface area contributed by atoms with E-state index in [0.29, 0.717) is 19.8 Å². The van der Waals surface area contributed by atoms with Crippen LogP contribution in [-0.4, -0.2) is 58.4 Å². The van der Waals surface area contributed by atoms with Crippen molar-refractivity contribution in [3.05, 3.63) is 75.2 Å². The third kappa shape index (κ3) is 7.91. The van der Waals surface area contributed by atoms with Crippen molar-refractivity contribution in [2.24, 2.45) is 0 Å². The van der Waals surface area contributed by atoms with Crippen LogP contribution in [-0.2, 0) is 27.9 Å². The minimum atomic E-state index is -5.00. The van der Waals surface area contributed by atoms with Gasteiger partial charge in [0.25, 0.3) is 0 Å². The predicted molar refractivity (Wildman–Crippen MR) is 139 cm³/mol. The fourth-order valence-corrected chi connectivity index (χ4v) is 4.45. The maximum absolute atomic E-state index is 13.1. The van der Waals surface area contributed by atoms with Crippen LogP contribution >= 0.6 is 11.6 Å². The Hall–Kier alpha value is -3.20. The van der Waals surface area contributed by atoms with Gasteiger partial charge in [0, 0.05) is 17.1 Å². The number of hydrogen-bond donors (Lipinski definition) is 3. The maximum Gasteiger partial charge on any atom is 0.416 e. The number of nitrogens with one attached hydrogen (secondary N) is 2. The molecule has 0 saturated heterocycles. The Bertz CT molecular complexity index is 1470. The number of sulfonamides is 1. The van der Waals surface area contributed by atoms with Crippen molar-refractivity contribution in [1.29, 1.82) is 0 Å². The lowest BCUT2D eigenvalue weighted by atomic mass is 10.0. The topological polar surface area (TPSA) is 135 Å². The number of benzene rings is 2. The Kier molecular flexibility index (Phi) is 9.59. The second-order valence-corrected chi connectivity index (χ2v) is 11.2. The van der Waals surface area contributed by atoms with Gasteiger partial charge in [0.1, 0.15) is 6.54 Å². The van der Waals surface area contributed by atoms with Crippen LogP contribution in [0.4, 0.5) is 13.2 Å². The van der Waals surface area contributed by atoms with Gasteiger partial charge >= 0.3 is 11.9 Å². The first-order valence-corrected chi connectivity index (χ1v) is 13.8. The van der Waals surface area contributed by atoms with Crippen molar-refractivity contribution < 1.29 is 31.5 Å². The van der Waals surface area contributed by atoms with Gasteiger partial charge in [-0.2, -0.15) is 13.2 Å². The van der Waals surface area contributed by atoms with Gasteiger partial charge in [-0.1, -0.05) is 35.9 Å². The summed E-state index contributed by atoms with van der Waals surface area (Å²) in [6, 6.07) is 11.9. The standard InChI is InChI=1S/C24H27ClF3N5O5S/c1-3-39(37,38)29-12-19(18-7-5-4-6-15(18)2)30-21(35)14-33-23(36)32(13-20(34)24(26,27)28)22(31-33)16-8-10-17(25)11-9-16/h4-11,19-20,29,34H,3,12-14H2,1-2H3,(H,30,35)/t19?,20-/m0/s1. The molecule has 15 heteroatoms. The number of alkyl halides is 3. The number of rotatable bonds is 11. The molecule has 3 rings (SSSR count). The molecule has 39 heavy (non-hydrogen) atoms. The van der Waals surface area contributed by atoms with Crippen molar-refractivity contribution in [2.75, 3.05) is 12.3 Å². The molecule has 0 spiro atoms. The molecular formula is C24H27ClF3N5O5S. The van der Waals surface area contributed by atoms with Crippen LogP contribution in [0.5, 0.6) is 0 Å². The van der Waals surface area contributed by atoms with Crippen LogP contribution in [0.2, 0.25) is 5.02 Å². The molecule has 2 aromatic carbocycles. The molecule has 2 atom stereocenters. The highest BCUT2D eigenvalue weighted by Gasteiger charge is 2.39. The van der Waals surface area contributed by atoms with Gasteiger partial charge in [0.2, 0.25) is 15.9 Å². The molecule has 0 aliphatic heterocycles. The Morgan fingerprint density at radius 1 is 1.15 bits per heavy atom.